The highest BCUT2D eigenvalue weighted by Crippen LogP contribution is 2.40. The zero-order chi connectivity index (χ0) is 13.9. The van der Waals surface area contributed by atoms with Gasteiger partial charge in [-0.2, -0.15) is 0 Å². The third kappa shape index (κ3) is 3.56. The first kappa shape index (κ1) is 15.0. The smallest absolute Gasteiger partial charge is 0.140 e. The minimum absolute atomic E-state index is 0.250. The summed E-state index contributed by atoms with van der Waals surface area (Å²) in [5, 5.41) is 1.24. The Kier molecular flexibility index (Phi) is 4.99. The van der Waals surface area contributed by atoms with E-state index in [1.807, 2.05) is 0 Å². The molecule has 2 nitrogen and oxygen atoms in total. The molecule has 4 heteroatoms. The van der Waals surface area contributed by atoms with Crippen molar-refractivity contribution in [2.24, 2.45) is 11.7 Å². The van der Waals surface area contributed by atoms with E-state index in [9.17, 15) is 0 Å². The Hall–Kier alpha value is -0.440. The van der Waals surface area contributed by atoms with Gasteiger partial charge in [0.25, 0.3) is 0 Å². The van der Waals surface area contributed by atoms with Crippen LogP contribution >= 0.6 is 23.2 Å². The molecule has 1 aromatic rings. The van der Waals surface area contributed by atoms with Crippen molar-refractivity contribution in [2.75, 3.05) is 6.54 Å². The van der Waals surface area contributed by atoms with E-state index in [1.54, 1.807) is 18.2 Å². The quantitative estimate of drug-likeness (QED) is 0.858. The summed E-state index contributed by atoms with van der Waals surface area (Å²) in [5.41, 5.74) is 5.51. The number of hydrogen-bond acceptors (Lipinski definition) is 2. The predicted molar refractivity (Wildman–Crippen MR) is 81.1 cm³/mol. The molecule has 0 amide bonds. The van der Waals surface area contributed by atoms with E-state index in [2.05, 4.69) is 6.92 Å². The van der Waals surface area contributed by atoms with Crippen molar-refractivity contribution in [3.8, 4) is 5.75 Å². The zero-order valence-electron chi connectivity index (χ0n) is 11.3. The van der Waals surface area contributed by atoms with E-state index in [-0.39, 0.29) is 5.60 Å². The van der Waals surface area contributed by atoms with Crippen LogP contribution in [-0.4, -0.2) is 12.1 Å². The summed E-state index contributed by atoms with van der Waals surface area (Å²) in [6, 6.07) is 5.33. The first-order valence-electron chi connectivity index (χ1n) is 6.89. The van der Waals surface area contributed by atoms with Gasteiger partial charge in [0.05, 0.1) is 5.02 Å². The van der Waals surface area contributed by atoms with Crippen molar-refractivity contribution < 1.29 is 4.74 Å². The van der Waals surface area contributed by atoms with Crippen LogP contribution in [0.1, 0.15) is 39.0 Å². The molecule has 1 fully saturated rings. The molecular formula is C15H21Cl2NO. The summed E-state index contributed by atoms with van der Waals surface area (Å²) in [4.78, 5) is 0. The van der Waals surface area contributed by atoms with Gasteiger partial charge in [-0.05, 0) is 50.8 Å². The van der Waals surface area contributed by atoms with Crippen molar-refractivity contribution in [2.45, 2.75) is 44.6 Å². The maximum Gasteiger partial charge on any atom is 0.140 e. The Bertz CT molecular complexity index is 432. The number of benzene rings is 1. The van der Waals surface area contributed by atoms with E-state index < -0.39 is 0 Å². The van der Waals surface area contributed by atoms with Gasteiger partial charge in [-0.25, -0.2) is 0 Å². The molecule has 0 heterocycles. The van der Waals surface area contributed by atoms with Crippen LogP contribution in [0, 0.1) is 5.92 Å². The van der Waals surface area contributed by atoms with Crippen molar-refractivity contribution in [3.05, 3.63) is 28.2 Å². The molecule has 2 rings (SSSR count). The molecule has 1 unspecified atom stereocenters. The highest BCUT2D eigenvalue weighted by molar-refractivity contribution is 6.34. The second-order valence-corrected chi connectivity index (χ2v) is 6.35. The third-order valence-corrected chi connectivity index (χ3v) is 4.64. The molecule has 0 saturated heterocycles. The summed E-state index contributed by atoms with van der Waals surface area (Å²) in [6.07, 6.45) is 5.79. The molecule has 1 saturated carbocycles. The Labute approximate surface area is 125 Å². The Morgan fingerprint density at radius 2 is 2.00 bits per heavy atom. The lowest BCUT2D eigenvalue weighted by Gasteiger charge is -2.36. The lowest BCUT2D eigenvalue weighted by Crippen LogP contribution is -2.41. The standard InChI is InChI=1S/C15H21Cl2NO/c1-15(8-9-18,11-4-2-3-5-11)19-14-10-12(16)6-7-13(14)17/h6-7,10-11H,2-5,8-9,18H2,1H3. The zero-order valence-corrected chi connectivity index (χ0v) is 12.8. The Morgan fingerprint density at radius 3 is 2.63 bits per heavy atom. The molecule has 0 bridgehead atoms. The lowest BCUT2D eigenvalue weighted by atomic mass is 9.84. The number of rotatable bonds is 5. The molecule has 19 heavy (non-hydrogen) atoms. The van der Waals surface area contributed by atoms with Gasteiger partial charge < -0.3 is 10.5 Å². The maximum absolute atomic E-state index is 6.24. The maximum atomic E-state index is 6.24. The average Bonchev–Trinajstić information content (AvgIpc) is 2.88. The molecule has 1 aliphatic carbocycles. The van der Waals surface area contributed by atoms with Crippen LogP contribution in [0.4, 0.5) is 0 Å². The van der Waals surface area contributed by atoms with E-state index in [0.717, 1.165) is 6.42 Å². The van der Waals surface area contributed by atoms with Crippen LogP contribution in [0.3, 0.4) is 0 Å². The van der Waals surface area contributed by atoms with Gasteiger partial charge in [0.1, 0.15) is 11.4 Å². The van der Waals surface area contributed by atoms with Gasteiger partial charge in [0.2, 0.25) is 0 Å². The topological polar surface area (TPSA) is 35.2 Å². The van der Waals surface area contributed by atoms with E-state index in [4.69, 9.17) is 33.7 Å². The molecule has 1 aromatic carbocycles. The fourth-order valence-electron chi connectivity index (χ4n) is 2.97. The number of hydrogen-bond donors (Lipinski definition) is 1. The monoisotopic (exact) mass is 301 g/mol. The summed E-state index contributed by atoms with van der Waals surface area (Å²) in [6.45, 7) is 2.76. The summed E-state index contributed by atoms with van der Waals surface area (Å²) in [7, 11) is 0. The largest absolute Gasteiger partial charge is 0.486 e. The van der Waals surface area contributed by atoms with Crippen LogP contribution in [0.15, 0.2) is 18.2 Å². The average molecular weight is 302 g/mol. The molecule has 1 aliphatic rings. The van der Waals surface area contributed by atoms with Crippen LogP contribution in [0.25, 0.3) is 0 Å². The normalized spacial score (nSPS) is 19.4. The summed E-state index contributed by atoms with van der Waals surface area (Å²) < 4.78 is 6.24. The Balaban J connectivity index is 2.21. The predicted octanol–water partition coefficient (Wildman–Crippen LogP) is 4.67. The highest BCUT2D eigenvalue weighted by atomic mass is 35.5. The molecule has 0 aliphatic heterocycles. The third-order valence-electron chi connectivity index (χ3n) is 4.10. The number of ether oxygens (including phenoxy) is 1. The Morgan fingerprint density at radius 1 is 1.32 bits per heavy atom. The minimum Gasteiger partial charge on any atom is -0.486 e. The fraction of sp³-hybridized carbons (Fsp3) is 0.600. The number of nitrogens with two attached hydrogens (primary N) is 1. The molecule has 0 radical (unpaired) electrons. The second kappa shape index (κ2) is 6.34. The SMILES string of the molecule is CC(CCN)(Oc1cc(Cl)ccc1Cl)C1CCCC1. The summed E-state index contributed by atoms with van der Waals surface area (Å²) >= 11 is 12.2. The van der Waals surface area contributed by atoms with Crippen LogP contribution in [0.2, 0.25) is 10.0 Å². The molecule has 0 spiro atoms. The van der Waals surface area contributed by atoms with Gasteiger partial charge in [-0.3, -0.25) is 0 Å². The first-order valence-corrected chi connectivity index (χ1v) is 7.65. The minimum atomic E-state index is -0.250. The van der Waals surface area contributed by atoms with Crippen molar-refractivity contribution in [1.82, 2.24) is 0 Å². The van der Waals surface area contributed by atoms with Crippen LogP contribution in [0.5, 0.6) is 5.75 Å². The van der Waals surface area contributed by atoms with Gasteiger partial charge in [-0.1, -0.05) is 36.0 Å². The molecular weight excluding hydrogens is 281 g/mol. The fourth-order valence-corrected chi connectivity index (χ4v) is 3.29. The van der Waals surface area contributed by atoms with E-state index in [0.29, 0.717) is 28.3 Å². The van der Waals surface area contributed by atoms with Crippen LogP contribution < -0.4 is 10.5 Å². The molecule has 0 aromatic heterocycles. The highest BCUT2D eigenvalue weighted by Gasteiger charge is 2.37. The second-order valence-electron chi connectivity index (χ2n) is 5.51. The van der Waals surface area contributed by atoms with Gasteiger partial charge in [0, 0.05) is 11.1 Å². The van der Waals surface area contributed by atoms with E-state index >= 15 is 0 Å². The van der Waals surface area contributed by atoms with Gasteiger partial charge in [0.15, 0.2) is 0 Å². The van der Waals surface area contributed by atoms with Crippen molar-refractivity contribution in [1.29, 1.82) is 0 Å². The van der Waals surface area contributed by atoms with Crippen molar-refractivity contribution in [3.63, 3.8) is 0 Å². The molecule has 2 N–H and O–H groups in total. The van der Waals surface area contributed by atoms with Crippen molar-refractivity contribution >= 4 is 23.2 Å². The lowest BCUT2D eigenvalue weighted by molar-refractivity contribution is 0.0220. The summed E-state index contributed by atoms with van der Waals surface area (Å²) in [5.74, 6) is 1.21. The molecule has 1 atom stereocenters. The van der Waals surface area contributed by atoms with E-state index in [1.165, 1.54) is 25.7 Å². The van der Waals surface area contributed by atoms with Gasteiger partial charge >= 0.3 is 0 Å². The first-order chi connectivity index (χ1) is 9.05. The molecule has 106 valence electrons. The van der Waals surface area contributed by atoms with Gasteiger partial charge in [-0.15, -0.1) is 0 Å². The number of halogens is 2. The van der Waals surface area contributed by atoms with Crippen LogP contribution in [-0.2, 0) is 0 Å².